The van der Waals surface area contributed by atoms with Gasteiger partial charge in [0, 0.05) is 50.2 Å². The van der Waals surface area contributed by atoms with Crippen LogP contribution in [0.3, 0.4) is 0 Å². The Bertz CT molecular complexity index is 1190. The molecule has 0 unspecified atom stereocenters. The van der Waals surface area contributed by atoms with Crippen molar-refractivity contribution >= 4 is 29.7 Å². The normalized spacial score (nSPS) is 23.3. The maximum atomic E-state index is 12.1. The lowest BCUT2D eigenvalue weighted by atomic mass is 9.99. The number of nitrogens with zero attached hydrogens (tertiary/aromatic N) is 1. The molecule has 5 N–H and O–H groups in total. The lowest BCUT2D eigenvalue weighted by molar-refractivity contribution is -0.271. The largest absolute Gasteiger partial charge is 0.493 e. The maximum Gasteiger partial charge on any atom is 0.335 e. The molecule has 1 aromatic rings. The van der Waals surface area contributed by atoms with Gasteiger partial charge < -0.3 is 44.7 Å². The number of unbranched alkanes of at least 4 members (excludes halogenated alkanes) is 2. The van der Waals surface area contributed by atoms with Crippen LogP contribution < -0.4 is 14.8 Å². The predicted octanol–water partition coefficient (Wildman–Crippen LogP) is -0.609. The molecule has 3 rings (SSSR count). The van der Waals surface area contributed by atoms with E-state index in [1.807, 2.05) is 0 Å². The maximum absolute atomic E-state index is 12.1. The van der Waals surface area contributed by atoms with Gasteiger partial charge in [-0.2, -0.15) is 0 Å². The predicted molar refractivity (Wildman–Crippen MR) is 144 cm³/mol. The van der Waals surface area contributed by atoms with E-state index < -0.39 is 42.6 Å². The Balaban J connectivity index is 1.45. The van der Waals surface area contributed by atoms with E-state index in [0.29, 0.717) is 44.3 Å². The van der Waals surface area contributed by atoms with Gasteiger partial charge in [-0.25, -0.2) is 4.79 Å². The molecule has 0 bridgehead atoms. The number of aliphatic carboxylic acids is 1. The summed E-state index contributed by atoms with van der Waals surface area (Å²) in [6, 6.07) is 4.36. The SMILES string of the molecule is CC(=O)OCc1ccc(O[C@@H]2O[C@H](C(=O)O)[C@@H](O)[C@H](O)[C@H]2O)cc1OCCCNC(=O)CCCCCN1C(=O)C=CC1=O. The smallest absolute Gasteiger partial charge is 0.335 e. The van der Waals surface area contributed by atoms with Crippen LogP contribution in [0.1, 0.15) is 44.6 Å². The highest BCUT2D eigenvalue weighted by Gasteiger charge is 2.48. The quantitative estimate of drug-likeness (QED) is 0.0900. The van der Waals surface area contributed by atoms with Crippen molar-refractivity contribution in [2.45, 2.75) is 76.3 Å². The van der Waals surface area contributed by atoms with Gasteiger partial charge in [-0.15, -0.1) is 0 Å². The summed E-state index contributed by atoms with van der Waals surface area (Å²) >= 11 is 0. The minimum Gasteiger partial charge on any atom is -0.493 e. The highest BCUT2D eigenvalue weighted by atomic mass is 16.7. The van der Waals surface area contributed by atoms with E-state index >= 15 is 0 Å². The van der Waals surface area contributed by atoms with Crippen LogP contribution in [0, 0.1) is 0 Å². The molecule has 15 nitrogen and oxygen atoms in total. The fourth-order valence-corrected chi connectivity index (χ4v) is 4.28. The van der Waals surface area contributed by atoms with Gasteiger partial charge in [-0.05, 0) is 31.4 Å². The van der Waals surface area contributed by atoms with Crippen LogP contribution in [-0.2, 0) is 40.1 Å². The van der Waals surface area contributed by atoms with Gasteiger partial charge in [0.15, 0.2) is 6.10 Å². The number of ether oxygens (including phenoxy) is 4. The molecule has 15 heteroatoms. The van der Waals surface area contributed by atoms with Crippen molar-refractivity contribution in [2.75, 3.05) is 19.7 Å². The highest BCUT2D eigenvalue weighted by Crippen LogP contribution is 2.30. The van der Waals surface area contributed by atoms with Crippen LogP contribution in [0.5, 0.6) is 11.5 Å². The van der Waals surface area contributed by atoms with Crippen LogP contribution in [0.15, 0.2) is 30.4 Å². The first-order valence-corrected chi connectivity index (χ1v) is 13.8. The third-order valence-corrected chi connectivity index (χ3v) is 6.62. The van der Waals surface area contributed by atoms with Crippen molar-refractivity contribution in [1.29, 1.82) is 0 Å². The number of hydrogen-bond donors (Lipinski definition) is 5. The van der Waals surface area contributed by atoms with Crippen LogP contribution >= 0.6 is 0 Å². The topological polar surface area (TPSA) is 218 Å². The number of carbonyl (C=O) groups excluding carboxylic acids is 4. The Morgan fingerprint density at radius 1 is 0.977 bits per heavy atom. The molecule has 1 fully saturated rings. The lowest BCUT2D eigenvalue weighted by Crippen LogP contribution is -2.61. The number of amides is 3. The molecule has 2 aliphatic rings. The number of rotatable bonds is 16. The van der Waals surface area contributed by atoms with E-state index in [2.05, 4.69) is 5.32 Å². The van der Waals surface area contributed by atoms with Crippen molar-refractivity contribution in [3.05, 3.63) is 35.9 Å². The van der Waals surface area contributed by atoms with Crippen LogP contribution in [0.25, 0.3) is 0 Å². The van der Waals surface area contributed by atoms with Crippen molar-refractivity contribution in [2.24, 2.45) is 0 Å². The fourth-order valence-electron chi connectivity index (χ4n) is 4.28. The monoisotopic (exact) mass is 608 g/mol. The number of carboxylic acid groups (broad SMARTS) is 1. The minimum atomic E-state index is -1.87. The molecular weight excluding hydrogens is 572 g/mol. The van der Waals surface area contributed by atoms with E-state index in [1.165, 1.54) is 37.3 Å². The molecule has 0 spiro atoms. The summed E-state index contributed by atoms with van der Waals surface area (Å²) in [6.07, 6.45) is -3.85. The molecule has 0 aromatic heterocycles. The van der Waals surface area contributed by atoms with Crippen molar-refractivity contribution in [1.82, 2.24) is 10.2 Å². The zero-order valence-corrected chi connectivity index (χ0v) is 23.5. The van der Waals surface area contributed by atoms with Crippen LogP contribution in [0.2, 0.25) is 0 Å². The summed E-state index contributed by atoms with van der Waals surface area (Å²) in [6.45, 7) is 1.91. The van der Waals surface area contributed by atoms with Gasteiger partial charge in [0.2, 0.25) is 12.2 Å². The van der Waals surface area contributed by atoms with E-state index in [4.69, 9.17) is 18.9 Å². The average Bonchev–Trinajstić information content (AvgIpc) is 3.28. The lowest BCUT2D eigenvalue weighted by Gasteiger charge is -2.38. The molecule has 236 valence electrons. The Morgan fingerprint density at radius 3 is 2.37 bits per heavy atom. The minimum absolute atomic E-state index is 0.0707. The molecule has 0 radical (unpaired) electrons. The Kier molecular flexibility index (Phi) is 12.4. The molecule has 1 saturated heterocycles. The molecule has 5 atom stereocenters. The summed E-state index contributed by atoms with van der Waals surface area (Å²) < 4.78 is 21.6. The Labute approximate surface area is 247 Å². The molecule has 3 amide bonds. The van der Waals surface area contributed by atoms with Gasteiger partial charge in [0.05, 0.1) is 6.61 Å². The number of esters is 1. The zero-order valence-electron chi connectivity index (χ0n) is 23.5. The third kappa shape index (κ3) is 9.74. The van der Waals surface area contributed by atoms with E-state index in [-0.39, 0.29) is 48.9 Å². The fraction of sp³-hybridized carbons (Fsp3) is 0.536. The van der Waals surface area contributed by atoms with Gasteiger partial charge in [0.1, 0.15) is 36.4 Å². The summed E-state index contributed by atoms with van der Waals surface area (Å²) in [4.78, 5) is 59.0. The van der Waals surface area contributed by atoms with Gasteiger partial charge in [-0.1, -0.05) is 6.42 Å². The van der Waals surface area contributed by atoms with E-state index in [0.717, 1.165) is 4.90 Å². The number of hydrogen-bond acceptors (Lipinski definition) is 12. The summed E-state index contributed by atoms with van der Waals surface area (Å²) in [7, 11) is 0. The number of aliphatic hydroxyl groups excluding tert-OH is 3. The molecule has 1 aromatic carbocycles. The molecule has 0 aliphatic carbocycles. The van der Waals surface area contributed by atoms with E-state index in [9.17, 15) is 44.4 Å². The van der Waals surface area contributed by atoms with Crippen molar-refractivity contribution in [3.63, 3.8) is 0 Å². The molecule has 2 heterocycles. The number of imide groups is 1. The number of nitrogens with one attached hydrogen (secondary N) is 1. The van der Waals surface area contributed by atoms with Gasteiger partial charge in [-0.3, -0.25) is 24.1 Å². The first kappa shape index (κ1) is 33.5. The third-order valence-electron chi connectivity index (χ3n) is 6.62. The summed E-state index contributed by atoms with van der Waals surface area (Å²) in [5, 5.41) is 42.1. The highest BCUT2D eigenvalue weighted by molar-refractivity contribution is 6.12. The Hall–Kier alpha value is -4.05. The molecule has 43 heavy (non-hydrogen) atoms. The number of carboxylic acids is 1. The van der Waals surface area contributed by atoms with Crippen molar-refractivity contribution in [3.8, 4) is 11.5 Å². The second kappa shape index (κ2) is 16.0. The summed E-state index contributed by atoms with van der Waals surface area (Å²) in [5.41, 5.74) is 0.476. The zero-order chi connectivity index (χ0) is 31.5. The number of benzene rings is 1. The van der Waals surface area contributed by atoms with Crippen molar-refractivity contribution < 1.29 is 63.3 Å². The number of carbonyl (C=O) groups is 5. The first-order valence-electron chi connectivity index (χ1n) is 13.8. The van der Waals surface area contributed by atoms with Gasteiger partial charge in [0.25, 0.3) is 11.8 Å². The standard InChI is InChI=1S/C28H36N2O13/c1-16(31)41-15-17-7-8-18(42-28-25(37)23(35)24(36)26(43-28)27(38)39)14-19(17)40-13-5-11-29-20(32)6-3-2-4-12-30-21(33)9-10-22(30)34/h7-10,14,23-26,28,35-37H,2-6,11-13,15H2,1H3,(H,29,32)(H,38,39)/t23-,24-,25+,26-,28+/m0/s1. The summed E-state index contributed by atoms with van der Waals surface area (Å²) in [5.74, 6) is -2.56. The second-order valence-electron chi connectivity index (χ2n) is 9.93. The van der Waals surface area contributed by atoms with Crippen LogP contribution in [0.4, 0.5) is 0 Å². The second-order valence-corrected chi connectivity index (χ2v) is 9.93. The molecule has 0 saturated carbocycles. The molecule has 2 aliphatic heterocycles. The van der Waals surface area contributed by atoms with E-state index in [1.54, 1.807) is 0 Å². The Morgan fingerprint density at radius 2 is 1.70 bits per heavy atom. The van der Waals surface area contributed by atoms with Crippen LogP contribution in [-0.4, -0.2) is 105 Å². The number of aliphatic hydroxyl groups is 3. The first-order chi connectivity index (χ1) is 20.5. The molecular formula is C28H36N2O13. The van der Waals surface area contributed by atoms with Gasteiger partial charge >= 0.3 is 11.9 Å². The average molecular weight is 609 g/mol.